The predicted molar refractivity (Wildman–Crippen MR) is 260 cm³/mol. The van der Waals surface area contributed by atoms with Crippen LogP contribution in [0.2, 0.25) is 0 Å². The summed E-state index contributed by atoms with van der Waals surface area (Å²) in [6.45, 7) is 15.6. The van der Waals surface area contributed by atoms with Crippen molar-refractivity contribution in [1.29, 1.82) is 5.53 Å². The molecule has 0 aliphatic rings. The normalized spacial score (nSPS) is 13.5. The molecule has 0 aromatic carbocycles. The number of hydrogen-bond acceptors (Lipinski definition) is 6. The van der Waals surface area contributed by atoms with Gasteiger partial charge in [0.05, 0.1) is 24.4 Å². The number of nitrogens with one attached hydrogen (secondary N) is 1. The van der Waals surface area contributed by atoms with Crippen LogP contribution in [0, 0.1) is 11.4 Å². The van der Waals surface area contributed by atoms with E-state index in [0.717, 1.165) is 19.4 Å². The Bertz CT molecular complexity index is 878. The third kappa shape index (κ3) is 43.6. The molecule has 0 amide bonds. The molecule has 0 aliphatic heterocycles. The zero-order valence-electron chi connectivity index (χ0n) is 41.3. The molecule has 0 saturated heterocycles. The van der Waals surface area contributed by atoms with Crippen LogP contribution in [0.1, 0.15) is 279 Å². The number of hydrogen-bond donors (Lipinski definition) is 1. The number of methoxy groups -OCH3 is 1. The van der Waals surface area contributed by atoms with E-state index in [1.54, 1.807) is 7.11 Å². The number of rotatable bonds is 49. The minimum absolute atomic E-state index is 0.216. The first-order valence-corrected chi connectivity index (χ1v) is 26.3. The van der Waals surface area contributed by atoms with Crippen LogP contribution in [-0.4, -0.2) is 56.9 Å². The second-order valence-electron chi connectivity index (χ2n) is 19.8. The van der Waals surface area contributed by atoms with E-state index in [1.807, 2.05) is 6.21 Å². The fraction of sp³-hybridized carbons (Fsp3) is 0.981. The summed E-state index contributed by atoms with van der Waals surface area (Å²) in [5.74, 6) is 0.636. The maximum atomic E-state index is 7.82. The molecule has 59 heavy (non-hydrogen) atoms. The molecule has 0 radical (unpaired) electrons. The van der Waals surface area contributed by atoms with Crippen molar-refractivity contribution in [3.05, 3.63) is 0 Å². The fourth-order valence-electron chi connectivity index (χ4n) is 8.29. The Balaban J connectivity index is 4.48. The largest absolute Gasteiger partial charge is 0.385 e. The fourth-order valence-corrected chi connectivity index (χ4v) is 8.29. The Hall–Kier alpha value is -0.850. The Kier molecular flexibility index (Phi) is 43.2. The van der Waals surface area contributed by atoms with Crippen molar-refractivity contribution in [2.75, 3.05) is 33.5 Å². The van der Waals surface area contributed by atoms with Gasteiger partial charge in [-0.25, -0.2) is 5.53 Å². The summed E-state index contributed by atoms with van der Waals surface area (Å²) >= 11 is 0. The summed E-state index contributed by atoms with van der Waals surface area (Å²) in [7, 11) is 1.73. The van der Waals surface area contributed by atoms with Crippen molar-refractivity contribution in [3.8, 4) is 0 Å². The highest BCUT2D eigenvalue weighted by atomic mass is 16.5. The molecule has 0 heterocycles. The van der Waals surface area contributed by atoms with Crippen LogP contribution in [0.15, 0.2) is 10.1 Å². The molecule has 0 aromatic rings. The lowest BCUT2D eigenvalue weighted by Gasteiger charge is -2.30. The van der Waals surface area contributed by atoms with Crippen molar-refractivity contribution in [2.45, 2.75) is 296 Å². The number of unbranched alkanes of at least 4 members (excludes halogenated alkanes) is 31. The molecule has 2 atom stereocenters. The first-order chi connectivity index (χ1) is 28.7. The lowest BCUT2D eigenvalue weighted by molar-refractivity contribution is -0.0791. The Morgan fingerprint density at radius 2 is 0.780 bits per heavy atom. The van der Waals surface area contributed by atoms with Gasteiger partial charge in [0.1, 0.15) is 6.04 Å². The van der Waals surface area contributed by atoms with Crippen molar-refractivity contribution < 1.29 is 14.2 Å². The molecule has 1 N–H and O–H groups in total. The van der Waals surface area contributed by atoms with E-state index in [2.05, 4.69) is 46.7 Å². The molecule has 2 unspecified atom stereocenters. The van der Waals surface area contributed by atoms with Gasteiger partial charge in [0.15, 0.2) is 0 Å². The lowest BCUT2D eigenvalue weighted by Crippen LogP contribution is -2.33. The van der Waals surface area contributed by atoms with Gasteiger partial charge in [-0.05, 0) is 59.3 Å². The predicted octanol–water partition coefficient (Wildman–Crippen LogP) is 17.8. The van der Waals surface area contributed by atoms with Crippen molar-refractivity contribution in [2.24, 2.45) is 16.0 Å². The number of aliphatic imine (C=N–C) groups is 1. The van der Waals surface area contributed by atoms with Gasteiger partial charge in [0.25, 0.3) is 0 Å². The quantitative estimate of drug-likeness (QED) is 0.0377. The first-order valence-electron chi connectivity index (χ1n) is 26.3. The second-order valence-corrected chi connectivity index (χ2v) is 19.8. The van der Waals surface area contributed by atoms with Crippen LogP contribution in [0.5, 0.6) is 0 Å². The average Bonchev–Trinajstić information content (AvgIpc) is 3.21. The Morgan fingerprint density at radius 1 is 0.458 bits per heavy atom. The van der Waals surface area contributed by atoms with E-state index < -0.39 is 0 Å². The summed E-state index contributed by atoms with van der Waals surface area (Å²) in [4.78, 5) is 4.90. The first kappa shape index (κ1) is 58.1. The average molecular weight is 834 g/mol. The van der Waals surface area contributed by atoms with Crippen LogP contribution >= 0.6 is 0 Å². The van der Waals surface area contributed by atoms with Gasteiger partial charge in [-0.1, -0.05) is 226 Å². The zero-order chi connectivity index (χ0) is 43.4. The van der Waals surface area contributed by atoms with E-state index in [9.17, 15) is 0 Å². The van der Waals surface area contributed by atoms with Crippen LogP contribution in [0.3, 0.4) is 0 Å². The molecule has 0 rings (SSSR count). The van der Waals surface area contributed by atoms with Crippen LogP contribution < -0.4 is 0 Å². The molecule has 0 aromatic heterocycles. The van der Waals surface area contributed by atoms with Crippen molar-refractivity contribution >= 4 is 6.21 Å². The molecule has 6 heteroatoms. The highest BCUT2D eigenvalue weighted by Crippen LogP contribution is 2.23. The molecule has 352 valence electrons. The third-order valence-corrected chi connectivity index (χ3v) is 12.7. The maximum Gasteiger partial charge on any atom is 0.128 e. The van der Waals surface area contributed by atoms with Crippen molar-refractivity contribution in [1.82, 2.24) is 0 Å². The minimum atomic E-state index is -0.350. The Morgan fingerprint density at radius 3 is 1.12 bits per heavy atom. The van der Waals surface area contributed by atoms with Gasteiger partial charge >= 0.3 is 0 Å². The Labute approximate surface area is 370 Å². The van der Waals surface area contributed by atoms with Gasteiger partial charge in [-0.2, -0.15) is 5.11 Å². The van der Waals surface area contributed by atoms with Crippen LogP contribution in [-0.2, 0) is 14.2 Å². The zero-order valence-corrected chi connectivity index (χ0v) is 41.3. The van der Waals surface area contributed by atoms with E-state index >= 15 is 0 Å². The molecular formula is C53H107N3O3. The maximum absolute atomic E-state index is 7.82. The van der Waals surface area contributed by atoms with Crippen LogP contribution in [0.4, 0.5) is 0 Å². The number of nitrogens with zero attached hydrogens (tertiary/aromatic N) is 2. The molecule has 0 aliphatic carbocycles. The SMILES string of the molecule is CCCCCCCCCCCCCCCCCCCC(CCCCCCCCCCCCCCCCCC)CN=CC(COC(C)(C)CCOC(C)(C)CCOC)N=N. The number of ether oxygens (including phenoxy) is 3. The van der Waals surface area contributed by atoms with Crippen LogP contribution in [0.25, 0.3) is 0 Å². The van der Waals surface area contributed by atoms with Gasteiger partial charge in [-0.15, -0.1) is 0 Å². The second kappa shape index (κ2) is 43.8. The topological polar surface area (TPSA) is 76.3 Å². The third-order valence-electron chi connectivity index (χ3n) is 12.7. The van der Waals surface area contributed by atoms with E-state index in [1.165, 1.54) is 225 Å². The van der Waals surface area contributed by atoms with E-state index in [-0.39, 0.29) is 17.2 Å². The standard InChI is InChI=1S/C53H107N3O3/c1-8-10-12-14-16-18-20-22-24-26-28-30-32-34-36-38-40-42-50(41-39-37-35-33-31-29-27-25-23-21-19-17-15-13-11-9-2)47-55-48-51(56-54)49-59-53(5,6)44-46-58-52(3,4)43-45-57-7/h48,50-51,54H,8-47,49H2,1-7H3. The summed E-state index contributed by atoms with van der Waals surface area (Å²) in [5, 5.41) is 3.87. The molecule has 0 spiro atoms. The summed E-state index contributed by atoms with van der Waals surface area (Å²) in [6, 6.07) is -0.329. The van der Waals surface area contributed by atoms with Gasteiger partial charge in [-0.3, -0.25) is 4.99 Å². The molecular weight excluding hydrogens is 727 g/mol. The monoisotopic (exact) mass is 834 g/mol. The van der Waals surface area contributed by atoms with Gasteiger partial charge in [0.2, 0.25) is 0 Å². The summed E-state index contributed by atoms with van der Waals surface area (Å²) in [6.07, 6.45) is 52.9. The molecule has 6 nitrogen and oxygen atoms in total. The molecule has 0 saturated carbocycles. The summed E-state index contributed by atoms with van der Waals surface area (Å²) in [5.41, 5.74) is 7.26. The van der Waals surface area contributed by atoms with Crippen molar-refractivity contribution in [3.63, 3.8) is 0 Å². The smallest absolute Gasteiger partial charge is 0.128 e. The lowest BCUT2D eigenvalue weighted by atomic mass is 9.94. The van der Waals surface area contributed by atoms with E-state index in [4.69, 9.17) is 24.7 Å². The van der Waals surface area contributed by atoms with Gasteiger partial charge < -0.3 is 14.2 Å². The minimum Gasteiger partial charge on any atom is -0.385 e. The molecule has 0 fully saturated rings. The highest BCUT2D eigenvalue weighted by Gasteiger charge is 2.24. The summed E-state index contributed by atoms with van der Waals surface area (Å²) < 4.78 is 17.6. The van der Waals surface area contributed by atoms with Gasteiger partial charge in [0, 0.05) is 26.5 Å². The van der Waals surface area contributed by atoms with E-state index in [0.29, 0.717) is 25.7 Å². The molecule has 0 bridgehead atoms. The highest BCUT2D eigenvalue weighted by molar-refractivity contribution is 5.64.